The highest BCUT2D eigenvalue weighted by atomic mass is 16.3. The smallest absolute Gasteiger partial charge is 0.315 e. The van der Waals surface area contributed by atoms with E-state index < -0.39 is 0 Å². The Kier molecular flexibility index (Phi) is 6.45. The van der Waals surface area contributed by atoms with Gasteiger partial charge in [0.2, 0.25) is 0 Å². The molecule has 22 heavy (non-hydrogen) atoms. The van der Waals surface area contributed by atoms with Crippen LogP contribution in [0.25, 0.3) is 0 Å². The van der Waals surface area contributed by atoms with Gasteiger partial charge in [-0.1, -0.05) is 6.07 Å². The number of nitrogens with zero attached hydrogens (tertiary/aromatic N) is 2. The Morgan fingerprint density at radius 2 is 2.18 bits per heavy atom. The van der Waals surface area contributed by atoms with E-state index in [1.165, 1.54) is 12.8 Å². The number of pyridine rings is 1. The van der Waals surface area contributed by atoms with E-state index in [1.54, 1.807) is 0 Å². The van der Waals surface area contributed by atoms with Crippen LogP contribution in [-0.2, 0) is 6.54 Å². The van der Waals surface area contributed by atoms with Crippen molar-refractivity contribution in [1.82, 2.24) is 15.6 Å². The molecule has 1 saturated heterocycles. The van der Waals surface area contributed by atoms with Crippen LogP contribution in [0.15, 0.2) is 18.3 Å². The van der Waals surface area contributed by atoms with Crippen molar-refractivity contribution in [2.75, 3.05) is 24.6 Å². The van der Waals surface area contributed by atoms with Crippen molar-refractivity contribution in [3.8, 4) is 0 Å². The third-order valence-corrected chi connectivity index (χ3v) is 3.86. The molecular formula is C16H26N4O2. The molecule has 6 heteroatoms. The van der Waals surface area contributed by atoms with Gasteiger partial charge in [0, 0.05) is 38.5 Å². The molecule has 1 aliphatic rings. The fourth-order valence-electron chi connectivity index (χ4n) is 2.58. The van der Waals surface area contributed by atoms with Crippen molar-refractivity contribution in [3.05, 3.63) is 23.9 Å². The second-order valence-electron chi connectivity index (χ2n) is 5.81. The molecule has 1 aliphatic heterocycles. The Morgan fingerprint density at radius 3 is 2.82 bits per heavy atom. The molecule has 1 atom stereocenters. The van der Waals surface area contributed by atoms with Crippen molar-refractivity contribution < 1.29 is 9.90 Å². The normalized spacial score (nSPS) is 15.6. The summed E-state index contributed by atoms with van der Waals surface area (Å²) < 4.78 is 0. The van der Waals surface area contributed by atoms with E-state index in [0.29, 0.717) is 13.0 Å². The Bertz CT molecular complexity index is 458. The van der Waals surface area contributed by atoms with Crippen LogP contribution in [0.3, 0.4) is 0 Å². The standard InChI is InChI=1S/C16H26N4O2/c1-13(5-4-10-21)19-16(22)18-12-14-6-7-15(17-11-14)20-8-2-3-9-20/h6-7,11,13,21H,2-5,8-10,12H2,1H3,(H2,18,19,22). The number of aromatic nitrogens is 1. The lowest BCUT2D eigenvalue weighted by Gasteiger charge is -2.16. The number of carbonyl (C=O) groups excluding carboxylic acids is 1. The zero-order chi connectivity index (χ0) is 15.8. The number of aliphatic hydroxyl groups is 1. The molecule has 2 amide bonds. The van der Waals surface area contributed by atoms with Crippen LogP contribution in [-0.4, -0.2) is 41.9 Å². The molecule has 0 spiro atoms. The lowest BCUT2D eigenvalue weighted by atomic mass is 10.2. The molecule has 3 N–H and O–H groups in total. The molecule has 0 aliphatic carbocycles. The fourth-order valence-corrected chi connectivity index (χ4v) is 2.58. The maximum Gasteiger partial charge on any atom is 0.315 e. The monoisotopic (exact) mass is 306 g/mol. The Balaban J connectivity index is 1.73. The predicted octanol–water partition coefficient (Wildman–Crippen LogP) is 1.64. The largest absolute Gasteiger partial charge is 0.396 e. The van der Waals surface area contributed by atoms with Crippen LogP contribution in [0.5, 0.6) is 0 Å². The van der Waals surface area contributed by atoms with Crippen LogP contribution >= 0.6 is 0 Å². The van der Waals surface area contributed by atoms with Crippen molar-refractivity contribution >= 4 is 11.8 Å². The maximum absolute atomic E-state index is 11.8. The summed E-state index contributed by atoms with van der Waals surface area (Å²) in [5.74, 6) is 1.02. The van der Waals surface area contributed by atoms with Gasteiger partial charge < -0.3 is 20.6 Å². The second kappa shape index (κ2) is 8.58. The summed E-state index contributed by atoms with van der Waals surface area (Å²) >= 11 is 0. The van der Waals surface area contributed by atoms with Crippen molar-refractivity contribution in [1.29, 1.82) is 0 Å². The molecule has 122 valence electrons. The van der Waals surface area contributed by atoms with Crippen LogP contribution in [0.4, 0.5) is 10.6 Å². The number of aliphatic hydroxyl groups excluding tert-OH is 1. The average molecular weight is 306 g/mol. The topological polar surface area (TPSA) is 77.5 Å². The molecule has 1 fully saturated rings. The van der Waals surface area contributed by atoms with Gasteiger partial charge in [-0.15, -0.1) is 0 Å². The summed E-state index contributed by atoms with van der Waals surface area (Å²) in [6.07, 6.45) is 5.77. The van der Waals surface area contributed by atoms with Crippen LogP contribution in [0, 0.1) is 0 Å². The molecule has 6 nitrogen and oxygen atoms in total. The van der Waals surface area contributed by atoms with E-state index in [9.17, 15) is 4.79 Å². The van der Waals surface area contributed by atoms with Gasteiger partial charge in [0.1, 0.15) is 5.82 Å². The summed E-state index contributed by atoms with van der Waals surface area (Å²) in [6, 6.07) is 3.90. The van der Waals surface area contributed by atoms with Crippen LogP contribution < -0.4 is 15.5 Å². The van der Waals surface area contributed by atoms with E-state index in [2.05, 4.69) is 20.5 Å². The van der Waals surface area contributed by atoms with Crippen molar-refractivity contribution in [2.45, 2.75) is 45.2 Å². The van der Waals surface area contributed by atoms with Crippen LogP contribution in [0.1, 0.15) is 38.2 Å². The molecule has 1 aromatic heterocycles. The first-order valence-corrected chi connectivity index (χ1v) is 8.04. The summed E-state index contributed by atoms with van der Waals surface area (Å²) in [5.41, 5.74) is 0.987. The van der Waals surface area contributed by atoms with Gasteiger partial charge in [0.25, 0.3) is 0 Å². The van der Waals surface area contributed by atoms with Gasteiger partial charge >= 0.3 is 6.03 Å². The zero-order valence-corrected chi connectivity index (χ0v) is 13.2. The zero-order valence-electron chi connectivity index (χ0n) is 13.2. The van der Waals surface area contributed by atoms with Gasteiger partial charge in [-0.3, -0.25) is 0 Å². The van der Waals surface area contributed by atoms with E-state index in [4.69, 9.17) is 5.11 Å². The van der Waals surface area contributed by atoms with E-state index in [0.717, 1.165) is 30.9 Å². The minimum atomic E-state index is -0.186. The van der Waals surface area contributed by atoms with Crippen molar-refractivity contribution in [3.63, 3.8) is 0 Å². The molecule has 1 unspecified atom stereocenters. The van der Waals surface area contributed by atoms with Gasteiger partial charge in [0.05, 0.1) is 0 Å². The second-order valence-corrected chi connectivity index (χ2v) is 5.81. The highest BCUT2D eigenvalue weighted by molar-refractivity contribution is 5.74. The number of urea groups is 1. The van der Waals surface area contributed by atoms with Gasteiger partial charge in [-0.05, 0) is 44.2 Å². The van der Waals surface area contributed by atoms with E-state index in [-0.39, 0.29) is 18.7 Å². The number of carbonyl (C=O) groups is 1. The first kappa shape index (κ1) is 16.5. The summed E-state index contributed by atoms with van der Waals surface area (Å²) in [4.78, 5) is 18.5. The van der Waals surface area contributed by atoms with E-state index in [1.807, 2.05) is 25.3 Å². The lowest BCUT2D eigenvalue weighted by Crippen LogP contribution is -2.40. The van der Waals surface area contributed by atoms with Gasteiger partial charge in [-0.2, -0.15) is 0 Å². The first-order chi connectivity index (χ1) is 10.7. The minimum absolute atomic E-state index is 0.0582. The molecule has 0 aromatic carbocycles. The number of anilines is 1. The maximum atomic E-state index is 11.8. The first-order valence-electron chi connectivity index (χ1n) is 8.04. The average Bonchev–Trinajstić information content (AvgIpc) is 3.06. The molecule has 2 heterocycles. The number of hydrogen-bond acceptors (Lipinski definition) is 4. The quantitative estimate of drug-likeness (QED) is 0.716. The highest BCUT2D eigenvalue weighted by Gasteiger charge is 2.13. The molecule has 0 saturated carbocycles. The lowest BCUT2D eigenvalue weighted by molar-refractivity contribution is 0.234. The Hall–Kier alpha value is -1.82. The van der Waals surface area contributed by atoms with E-state index >= 15 is 0 Å². The summed E-state index contributed by atoms with van der Waals surface area (Å²) in [7, 11) is 0. The molecule has 2 rings (SSSR count). The highest BCUT2D eigenvalue weighted by Crippen LogP contribution is 2.17. The number of hydrogen-bond donors (Lipinski definition) is 3. The summed E-state index contributed by atoms with van der Waals surface area (Å²) in [5, 5.41) is 14.4. The van der Waals surface area contributed by atoms with Crippen molar-refractivity contribution in [2.24, 2.45) is 0 Å². The molecule has 1 aromatic rings. The Labute approximate surface area is 131 Å². The third kappa shape index (κ3) is 5.18. The van der Waals surface area contributed by atoms with Crippen LogP contribution in [0.2, 0.25) is 0 Å². The van der Waals surface area contributed by atoms with Gasteiger partial charge in [-0.25, -0.2) is 9.78 Å². The fraction of sp³-hybridized carbons (Fsp3) is 0.625. The molecule has 0 bridgehead atoms. The number of rotatable bonds is 7. The molecular weight excluding hydrogens is 280 g/mol. The minimum Gasteiger partial charge on any atom is -0.396 e. The number of nitrogens with one attached hydrogen (secondary N) is 2. The molecule has 0 radical (unpaired) electrons. The third-order valence-electron chi connectivity index (χ3n) is 3.86. The number of amides is 2. The van der Waals surface area contributed by atoms with Gasteiger partial charge in [0.15, 0.2) is 0 Å². The SMILES string of the molecule is CC(CCCO)NC(=O)NCc1ccc(N2CCCC2)nc1. The summed E-state index contributed by atoms with van der Waals surface area (Å²) in [6.45, 7) is 4.72. The predicted molar refractivity (Wildman–Crippen MR) is 86.8 cm³/mol. The Morgan fingerprint density at radius 1 is 1.41 bits per heavy atom.